The highest BCUT2D eigenvalue weighted by Crippen LogP contribution is 2.30. The van der Waals surface area contributed by atoms with Crippen molar-refractivity contribution in [2.75, 3.05) is 6.54 Å². The van der Waals surface area contributed by atoms with Crippen LogP contribution in [0.5, 0.6) is 0 Å². The zero-order chi connectivity index (χ0) is 15.0. The van der Waals surface area contributed by atoms with Crippen LogP contribution in [0.15, 0.2) is 47.4 Å². The molecule has 0 aliphatic carbocycles. The van der Waals surface area contributed by atoms with E-state index in [1.807, 2.05) is 18.2 Å². The minimum absolute atomic E-state index is 0.230. The molecule has 1 saturated heterocycles. The van der Waals surface area contributed by atoms with Gasteiger partial charge in [-0.25, -0.2) is 8.42 Å². The Labute approximate surface area is 123 Å². The van der Waals surface area contributed by atoms with Gasteiger partial charge < -0.3 is 5.73 Å². The molecule has 0 radical (unpaired) electrons. The van der Waals surface area contributed by atoms with Crippen molar-refractivity contribution in [3.63, 3.8) is 0 Å². The van der Waals surface area contributed by atoms with Crippen LogP contribution in [0.2, 0.25) is 0 Å². The number of hydrogen-bond acceptors (Lipinski definition) is 3. The van der Waals surface area contributed by atoms with Crippen molar-refractivity contribution in [1.82, 2.24) is 4.31 Å². The molecule has 1 atom stereocenters. The number of rotatable bonds is 3. The largest absolute Gasteiger partial charge is 0.368 e. The summed E-state index contributed by atoms with van der Waals surface area (Å²) >= 11 is 0. The highest BCUT2D eigenvalue weighted by atomic mass is 32.2. The van der Waals surface area contributed by atoms with Gasteiger partial charge in [0.05, 0.1) is 4.90 Å². The number of hydrogen-bond donors (Lipinski definition) is 1. The van der Waals surface area contributed by atoms with Crippen molar-refractivity contribution in [3.05, 3.63) is 42.5 Å². The smallest absolute Gasteiger partial charge is 0.244 e. The molecule has 0 bridgehead atoms. The fraction of sp³-hybridized carbons (Fsp3) is 0.267. The third-order valence-corrected chi connectivity index (χ3v) is 5.83. The van der Waals surface area contributed by atoms with Crippen molar-refractivity contribution in [3.8, 4) is 0 Å². The lowest BCUT2D eigenvalue weighted by molar-refractivity contribution is -0.121. The summed E-state index contributed by atoms with van der Waals surface area (Å²) in [4.78, 5) is 11.7. The lowest BCUT2D eigenvalue weighted by Gasteiger charge is -2.22. The van der Waals surface area contributed by atoms with Crippen LogP contribution in [0, 0.1) is 0 Å². The van der Waals surface area contributed by atoms with Gasteiger partial charge >= 0.3 is 0 Å². The Morgan fingerprint density at radius 1 is 1.14 bits per heavy atom. The summed E-state index contributed by atoms with van der Waals surface area (Å²) in [7, 11) is -3.73. The van der Waals surface area contributed by atoms with Gasteiger partial charge in [-0.3, -0.25) is 4.79 Å². The molecule has 5 nitrogen and oxygen atoms in total. The molecule has 6 heteroatoms. The first-order chi connectivity index (χ1) is 10.0. The monoisotopic (exact) mass is 304 g/mol. The molecule has 0 aromatic heterocycles. The minimum Gasteiger partial charge on any atom is -0.368 e. The highest BCUT2D eigenvalue weighted by Gasteiger charge is 2.38. The van der Waals surface area contributed by atoms with Crippen LogP contribution in [-0.2, 0) is 14.8 Å². The maximum absolute atomic E-state index is 12.9. The second-order valence-electron chi connectivity index (χ2n) is 5.15. The van der Waals surface area contributed by atoms with Gasteiger partial charge in [0.25, 0.3) is 0 Å². The molecule has 0 saturated carbocycles. The minimum atomic E-state index is -3.73. The summed E-state index contributed by atoms with van der Waals surface area (Å²) in [5.74, 6) is -0.587. The number of amides is 1. The summed E-state index contributed by atoms with van der Waals surface area (Å²) in [6.07, 6.45) is 1.14. The number of primary amides is 1. The van der Waals surface area contributed by atoms with E-state index in [0.29, 0.717) is 24.8 Å². The Kier molecular flexibility index (Phi) is 3.43. The van der Waals surface area contributed by atoms with Crippen molar-refractivity contribution in [1.29, 1.82) is 0 Å². The molecule has 1 aliphatic rings. The lowest BCUT2D eigenvalue weighted by Crippen LogP contribution is -2.43. The molecule has 2 aromatic rings. The molecule has 1 amide bonds. The van der Waals surface area contributed by atoms with Gasteiger partial charge in [-0.15, -0.1) is 0 Å². The molecule has 1 fully saturated rings. The predicted octanol–water partition coefficient (Wildman–Crippen LogP) is 1.48. The molecule has 110 valence electrons. The Hall–Kier alpha value is -1.92. The van der Waals surface area contributed by atoms with E-state index in [1.165, 1.54) is 4.31 Å². The summed E-state index contributed by atoms with van der Waals surface area (Å²) in [6, 6.07) is 11.7. The van der Waals surface area contributed by atoms with Gasteiger partial charge in [0.15, 0.2) is 0 Å². The average Bonchev–Trinajstić information content (AvgIpc) is 2.97. The number of carbonyl (C=O) groups is 1. The lowest BCUT2D eigenvalue weighted by atomic mass is 10.1. The predicted molar refractivity (Wildman–Crippen MR) is 80.1 cm³/mol. The number of nitrogens with zero attached hydrogens (tertiary/aromatic N) is 1. The molecule has 0 spiro atoms. The van der Waals surface area contributed by atoms with Crippen molar-refractivity contribution in [2.24, 2.45) is 5.73 Å². The molecule has 2 N–H and O–H groups in total. The fourth-order valence-corrected chi connectivity index (χ4v) is 4.74. The van der Waals surface area contributed by atoms with E-state index < -0.39 is 22.0 Å². The number of sulfonamides is 1. The van der Waals surface area contributed by atoms with Crippen LogP contribution in [0.4, 0.5) is 0 Å². The van der Waals surface area contributed by atoms with Gasteiger partial charge in [0.1, 0.15) is 6.04 Å². The molecule has 1 heterocycles. The van der Waals surface area contributed by atoms with Crippen LogP contribution in [0.25, 0.3) is 10.8 Å². The molecule has 3 rings (SSSR count). The maximum atomic E-state index is 12.9. The number of carbonyl (C=O) groups excluding carboxylic acids is 1. The van der Waals surface area contributed by atoms with Gasteiger partial charge in [-0.05, 0) is 24.3 Å². The van der Waals surface area contributed by atoms with E-state index in [1.54, 1.807) is 24.3 Å². The first-order valence-electron chi connectivity index (χ1n) is 6.81. The third kappa shape index (κ3) is 2.30. The van der Waals surface area contributed by atoms with E-state index in [9.17, 15) is 13.2 Å². The van der Waals surface area contributed by atoms with Gasteiger partial charge in [-0.1, -0.05) is 36.4 Å². The summed E-state index contributed by atoms with van der Waals surface area (Å²) < 4.78 is 27.0. The topological polar surface area (TPSA) is 80.5 Å². The third-order valence-electron chi connectivity index (χ3n) is 3.87. The quantitative estimate of drug-likeness (QED) is 0.932. The zero-order valence-corrected chi connectivity index (χ0v) is 12.2. The normalized spacial score (nSPS) is 19.9. The number of benzene rings is 2. The van der Waals surface area contributed by atoms with Gasteiger partial charge in [0.2, 0.25) is 15.9 Å². The van der Waals surface area contributed by atoms with Gasteiger partial charge in [-0.2, -0.15) is 4.31 Å². The van der Waals surface area contributed by atoms with Crippen LogP contribution in [-0.4, -0.2) is 31.2 Å². The molecule has 21 heavy (non-hydrogen) atoms. The Balaban J connectivity index is 2.15. The second kappa shape index (κ2) is 5.13. The van der Waals surface area contributed by atoms with Crippen molar-refractivity contribution >= 4 is 26.7 Å². The Morgan fingerprint density at radius 2 is 1.86 bits per heavy atom. The van der Waals surface area contributed by atoms with E-state index in [-0.39, 0.29) is 4.90 Å². The van der Waals surface area contributed by atoms with Crippen LogP contribution < -0.4 is 5.73 Å². The summed E-state index contributed by atoms with van der Waals surface area (Å²) in [5.41, 5.74) is 5.33. The first kappa shape index (κ1) is 14.0. The van der Waals surface area contributed by atoms with Crippen LogP contribution >= 0.6 is 0 Å². The van der Waals surface area contributed by atoms with Crippen LogP contribution in [0.1, 0.15) is 12.8 Å². The SMILES string of the molecule is NC(=O)C1CCCN1S(=O)(=O)c1cccc2ccccc12. The van der Waals surface area contributed by atoms with E-state index in [0.717, 1.165) is 5.39 Å². The van der Waals surface area contributed by atoms with E-state index in [4.69, 9.17) is 5.73 Å². The highest BCUT2D eigenvalue weighted by molar-refractivity contribution is 7.89. The Bertz CT molecular complexity index is 796. The fourth-order valence-electron chi connectivity index (χ4n) is 2.86. The van der Waals surface area contributed by atoms with E-state index >= 15 is 0 Å². The summed E-state index contributed by atoms with van der Waals surface area (Å²) in [5, 5.41) is 1.52. The molecule has 1 aliphatic heterocycles. The molecular weight excluding hydrogens is 288 g/mol. The number of nitrogens with two attached hydrogens (primary N) is 1. The maximum Gasteiger partial charge on any atom is 0.244 e. The first-order valence-corrected chi connectivity index (χ1v) is 8.25. The average molecular weight is 304 g/mol. The van der Waals surface area contributed by atoms with Crippen molar-refractivity contribution in [2.45, 2.75) is 23.8 Å². The van der Waals surface area contributed by atoms with E-state index in [2.05, 4.69) is 0 Å². The van der Waals surface area contributed by atoms with Crippen molar-refractivity contribution < 1.29 is 13.2 Å². The molecule has 1 unspecified atom stereocenters. The zero-order valence-electron chi connectivity index (χ0n) is 11.4. The molecule has 2 aromatic carbocycles. The summed E-state index contributed by atoms with van der Waals surface area (Å²) in [6.45, 7) is 0.333. The van der Waals surface area contributed by atoms with Gasteiger partial charge in [0, 0.05) is 11.9 Å². The molecular formula is C15H16N2O3S. The van der Waals surface area contributed by atoms with Crippen LogP contribution in [0.3, 0.4) is 0 Å². The number of fused-ring (bicyclic) bond motifs is 1. The second-order valence-corrected chi connectivity index (χ2v) is 7.01. The Morgan fingerprint density at radius 3 is 2.62 bits per heavy atom. The standard InChI is InChI=1S/C15H16N2O3S/c16-15(18)13-8-4-10-17(13)21(19,20)14-9-3-6-11-5-1-2-7-12(11)14/h1-3,5-7,9,13H,4,8,10H2,(H2,16,18).